The third kappa shape index (κ3) is 4.02. The third-order valence-corrected chi connectivity index (χ3v) is 4.79. The molecule has 1 saturated heterocycles. The molecular formula is C20H22N2O4. The Morgan fingerprint density at radius 3 is 2.50 bits per heavy atom. The van der Waals surface area contributed by atoms with Crippen LogP contribution in [0.1, 0.15) is 39.4 Å². The highest BCUT2D eigenvalue weighted by Crippen LogP contribution is 2.27. The van der Waals surface area contributed by atoms with Gasteiger partial charge in [-0.3, -0.25) is 4.79 Å². The molecule has 0 radical (unpaired) electrons. The van der Waals surface area contributed by atoms with Gasteiger partial charge in [-0.1, -0.05) is 24.3 Å². The van der Waals surface area contributed by atoms with E-state index < -0.39 is 5.97 Å². The van der Waals surface area contributed by atoms with Crippen molar-refractivity contribution < 1.29 is 19.4 Å². The highest BCUT2D eigenvalue weighted by Gasteiger charge is 2.25. The van der Waals surface area contributed by atoms with Gasteiger partial charge in [-0.15, -0.1) is 0 Å². The molecule has 1 aliphatic rings. The van der Waals surface area contributed by atoms with Crippen LogP contribution >= 0.6 is 0 Å². The zero-order valence-electron chi connectivity index (χ0n) is 14.7. The molecule has 0 unspecified atom stereocenters. The molecule has 26 heavy (non-hydrogen) atoms. The molecule has 136 valence electrons. The smallest absolute Gasteiger partial charge is 0.354 e. The molecule has 0 spiro atoms. The number of carbonyl (C=O) groups is 2. The summed E-state index contributed by atoms with van der Waals surface area (Å²) >= 11 is 0. The number of benzene rings is 1. The highest BCUT2D eigenvalue weighted by molar-refractivity contribution is 5.94. The number of nitrogens with zero attached hydrogens (tertiary/aromatic N) is 2. The number of para-hydroxylation sites is 1. The number of carboxylic acid groups (broad SMARTS) is 1. The molecule has 0 saturated carbocycles. The van der Waals surface area contributed by atoms with Gasteiger partial charge in [-0.2, -0.15) is 0 Å². The van der Waals surface area contributed by atoms with Crippen LogP contribution in [0, 0.1) is 5.92 Å². The summed E-state index contributed by atoms with van der Waals surface area (Å²) < 4.78 is 5.41. The summed E-state index contributed by atoms with van der Waals surface area (Å²) in [6.07, 6.45) is 2.74. The van der Waals surface area contributed by atoms with Gasteiger partial charge in [0, 0.05) is 13.1 Å². The Kier molecular flexibility index (Phi) is 5.51. The molecule has 0 bridgehead atoms. The number of hydrogen-bond donors (Lipinski definition) is 1. The van der Waals surface area contributed by atoms with Crippen molar-refractivity contribution >= 4 is 11.9 Å². The van der Waals surface area contributed by atoms with Crippen LogP contribution in [0.3, 0.4) is 0 Å². The Morgan fingerprint density at radius 1 is 1.12 bits per heavy atom. The van der Waals surface area contributed by atoms with E-state index in [2.05, 4.69) is 11.1 Å². The van der Waals surface area contributed by atoms with E-state index in [-0.39, 0.29) is 17.3 Å². The number of carbonyl (C=O) groups excluding carboxylic acids is 1. The van der Waals surface area contributed by atoms with E-state index >= 15 is 0 Å². The fraction of sp³-hybridized carbons (Fsp3) is 0.350. The van der Waals surface area contributed by atoms with Crippen molar-refractivity contribution in [2.24, 2.45) is 5.92 Å². The Bertz CT molecular complexity index is 798. The Balaban J connectivity index is 1.60. The second kappa shape index (κ2) is 7.99. The van der Waals surface area contributed by atoms with E-state index in [0.717, 1.165) is 25.0 Å². The molecule has 0 atom stereocenters. The molecule has 1 aliphatic heterocycles. The second-order valence-corrected chi connectivity index (χ2v) is 6.46. The third-order valence-electron chi connectivity index (χ3n) is 4.79. The van der Waals surface area contributed by atoms with Crippen LogP contribution in [0.15, 0.2) is 42.5 Å². The van der Waals surface area contributed by atoms with E-state index in [1.807, 2.05) is 18.2 Å². The van der Waals surface area contributed by atoms with Gasteiger partial charge in [0.05, 0.1) is 7.11 Å². The number of likely N-dealkylation sites (tertiary alicyclic amines) is 1. The summed E-state index contributed by atoms with van der Waals surface area (Å²) in [5.74, 6) is 0.0633. The minimum Gasteiger partial charge on any atom is -0.496 e. The number of ether oxygens (including phenoxy) is 1. The first-order valence-electron chi connectivity index (χ1n) is 8.70. The summed E-state index contributed by atoms with van der Waals surface area (Å²) in [4.78, 5) is 29.3. The molecule has 1 fully saturated rings. The average molecular weight is 354 g/mol. The maximum absolute atomic E-state index is 12.6. The zero-order valence-corrected chi connectivity index (χ0v) is 14.7. The topological polar surface area (TPSA) is 79.7 Å². The van der Waals surface area contributed by atoms with Crippen molar-refractivity contribution in [1.29, 1.82) is 0 Å². The molecule has 1 N–H and O–H groups in total. The van der Waals surface area contributed by atoms with E-state index in [9.17, 15) is 9.59 Å². The zero-order chi connectivity index (χ0) is 18.5. The van der Waals surface area contributed by atoms with Crippen LogP contribution in [0.25, 0.3) is 0 Å². The number of methoxy groups -OCH3 is 1. The van der Waals surface area contributed by atoms with Crippen molar-refractivity contribution in [3.63, 3.8) is 0 Å². The van der Waals surface area contributed by atoms with Gasteiger partial charge in [0.1, 0.15) is 17.1 Å². The Labute approximate surface area is 152 Å². The molecule has 1 amide bonds. The van der Waals surface area contributed by atoms with Crippen LogP contribution in [-0.2, 0) is 6.42 Å². The molecule has 0 aliphatic carbocycles. The van der Waals surface area contributed by atoms with E-state index in [0.29, 0.717) is 19.0 Å². The molecule has 6 nitrogen and oxygen atoms in total. The number of aromatic nitrogens is 1. The Hall–Kier alpha value is -2.89. The van der Waals surface area contributed by atoms with Crippen LogP contribution in [0.2, 0.25) is 0 Å². The van der Waals surface area contributed by atoms with Gasteiger partial charge >= 0.3 is 5.97 Å². The lowest BCUT2D eigenvalue weighted by Gasteiger charge is -2.32. The second-order valence-electron chi connectivity index (χ2n) is 6.46. The number of hydrogen-bond acceptors (Lipinski definition) is 4. The highest BCUT2D eigenvalue weighted by atomic mass is 16.5. The number of aromatic carboxylic acids is 1. The fourth-order valence-electron chi connectivity index (χ4n) is 3.36. The predicted molar refractivity (Wildman–Crippen MR) is 96.5 cm³/mol. The van der Waals surface area contributed by atoms with Crippen LogP contribution in [-0.4, -0.2) is 47.1 Å². The molecular weight excluding hydrogens is 332 g/mol. The van der Waals surface area contributed by atoms with Gasteiger partial charge in [0.2, 0.25) is 0 Å². The summed E-state index contributed by atoms with van der Waals surface area (Å²) in [5.41, 5.74) is 1.27. The number of amides is 1. The lowest BCUT2D eigenvalue weighted by molar-refractivity contribution is 0.0680. The van der Waals surface area contributed by atoms with Crippen molar-refractivity contribution in [2.45, 2.75) is 19.3 Å². The van der Waals surface area contributed by atoms with E-state index in [1.165, 1.54) is 11.6 Å². The predicted octanol–water partition coefficient (Wildman–Crippen LogP) is 2.88. The summed E-state index contributed by atoms with van der Waals surface area (Å²) in [5, 5.41) is 9.02. The molecule has 3 rings (SSSR count). The maximum Gasteiger partial charge on any atom is 0.354 e. The molecule has 1 aromatic carbocycles. The van der Waals surface area contributed by atoms with E-state index in [1.54, 1.807) is 24.1 Å². The summed E-state index contributed by atoms with van der Waals surface area (Å²) in [7, 11) is 1.68. The number of carboxylic acids is 1. The first-order valence-corrected chi connectivity index (χ1v) is 8.70. The van der Waals surface area contributed by atoms with Gasteiger partial charge in [0.15, 0.2) is 0 Å². The quantitative estimate of drug-likeness (QED) is 0.893. The number of piperidine rings is 1. The van der Waals surface area contributed by atoms with Crippen LogP contribution in [0.5, 0.6) is 5.75 Å². The van der Waals surface area contributed by atoms with E-state index in [4.69, 9.17) is 9.84 Å². The van der Waals surface area contributed by atoms with Crippen molar-refractivity contribution in [1.82, 2.24) is 9.88 Å². The average Bonchev–Trinajstić information content (AvgIpc) is 2.68. The first-order chi connectivity index (χ1) is 12.6. The minimum absolute atomic E-state index is 0.109. The van der Waals surface area contributed by atoms with Gasteiger partial charge in [-0.05, 0) is 48.9 Å². The summed E-state index contributed by atoms with van der Waals surface area (Å²) in [6, 6.07) is 12.5. The van der Waals surface area contributed by atoms with Crippen molar-refractivity contribution in [3.8, 4) is 5.75 Å². The Morgan fingerprint density at radius 2 is 1.81 bits per heavy atom. The molecule has 2 heterocycles. The largest absolute Gasteiger partial charge is 0.496 e. The molecule has 1 aromatic heterocycles. The van der Waals surface area contributed by atoms with Gasteiger partial charge in [-0.25, -0.2) is 9.78 Å². The van der Waals surface area contributed by atoms with Gasteiger partial charge in [0.25, 0.3) is 5.91 Å². The standard InChI is InChI=1S/C20H22N2O4/c1-26-18-8-3-2-5-15(18)13-14-9-11-22(12-10-14)19(23)16-6-4-7-17(21-16)20(24)25/h2-8,14H,9-13H2,1H3,(H,24,25). The normalized spacial score (nSPS) is 14.9. The molecule has 6 heteroatoms. The van der Waals surface area contributed by atoms with Crippen LogP contribution in [0.4, 0.5) is 0 Å². The fourth-order valence-corrected chi connectivity index (χ4v) is 3.36. The first kappa shape index (κ1) is 17.9. The SMILES string of the molecule is COc1ccccc1CC1CCN(C(=O)c2cccc(C(=O)O)n2)CC1. The van der Waals surface area contributed by atoms with Gasteiger partial charge < -0.3 is 14.7 Å². The minimum atomic E-state index is -1.13. The monoisotopic (exact) mass is 354 g/mol. The number of rotatable bonds is 5. The van der Waals surface area contributed by atoms with Crippen molar-refractivity contribution in [3.05, 3.63) is 59.4 Å². The lowest BCUT2D eigenvalue weighted by Crippen LogP contribution is -2.39. The summed E-state index contributed by atoms with van der Waals surface area (Å²) in [6.45, 7) is 1.30. The maximum atomic E-state index is 12.6. The van der Waals surface area contributed by atoms with Crippen molar-refractivity contribution in [2.75, 3.05) is 20.2 Å². The lowest BCUT2D eigenvalue weighted by atomic mass is 9.89. The van der Waals surface area contributed by atoms with Crippen LogP contribution < -0.4 is 4.74 Å². The number of pyridine rings is 1. The molecule has 2 aromatic rings.